The van der Waals surface area contributed by atoms with E-state index >= 15 is 0 Å². The van der Waals surface area contributed by atoms with Gasteiger partial charge in [-0.3, -0.25) is 4.79 Å². The molecule has 3 nitrogen and oxygen atoms in total. The normalized spacial score (nSPS) is 27.6. The highest BCUT2D eigenvalue weighted by atomic mass is 16.3. The maximum Gasteiger partial charge on any atom is 0.258 e. The number of hydrogen-bond acceptors (Lipinski definition) is 2. The summed E-state index contributed by atoms with van der Waals surface area (Å²) in [5, 5.41) is 12.2. The van der Waals surface area contributed by atoms with Crippen LogP contribution in [0.2, 0.25) is 0 Å². The molecule has 3 heteroatoms. The van der Waals surface area contributed by atoms with Gasteiger partial charge in [0.25, 0.3) is 5.91 Å². The van der Waals surface area contributed by atoms with Gasteiger partial charge in [0.05, 0.1) is 6.54 Å². The molecule has 1 amide bonds. The van der Waals surface area contributed by atoms with Gasteiger partial charge in [0.1, 0.15) is 0 Å². The van der Waals surface area contributed by atoms with E-state index in [-0.39, 0.29) is 5.91 Å². The van der Waals surface area contributed by atoms with Crippen LogP contribution in [0.3, 0.4) is 0 Å². The third-order valence-electron chi connectivity index (χ3n) is 2.13. The minimum atomic E-state index is -1.28. The second-order valence-electron chi connectivity index (χ2n) is 2.91. The molecule has 0 bridgehead atoms. The van der Waals surface area contributed by atoms with Crippen LogP contribution in [-0.4, -0.2) is 17.6 Å². The van der Waals surface area contributed by atoms with Crippen LogP contribution in [0.25, 0.3) is 0 Å². The molecule has 1 heterocycles. The molecule has 0 unspecified atom stereocenters. The van der Waals surface area contributed by atoms with E-state index < -0.39 is 5.60 Å². The zero-order valence-corrected chi connectivity index (χ0v) is 6.45. The van der Waals surface area contributed by atoms with Crippen LogP contribution < -0.4 is 5.32 Å². The lowest BCUT2D eigenvalue weighted by Gasteiger charge is -2.35. The molecule has 2 rings (SSSR count). The van der Waals surface area contributed by atoms with Gasteiger partial charge in [-0.25, -0.2) is 0 Å². The maximum atomic E-state index is 11.0. The van der Waals surface area contributed by atoms with Gasteiger partial charge in [-0.05, 0) is 5.56 Å². The van der Waals surface area contributed by atoms with E-state index in [1.807, 2.05) is 6.07 Å². The number of β-lactam (4-membered cyclic amide) rings is 1. The van der Waals surface area contributed by atoms with Crippen LogP contribution in [0, 0.1) is 0 Å². The van der Waals surface area contributed by atoms with Gasteiger partial charge in [-0.15, -0.1) is 0 Å². The molecule has 1 aromatic carbocycles. The fourth-order valence-corrected chi connectivity index (χ4v) is 1.28. The SMILES string of the molecule is O=C1NC[C@]1(O)c1ccccc1. The number of β-amino-alcohol motifs (C(OH)–C–C–N with tert-alkyl or cyclic N) is 1. The summed E-state index contributed by atoms with van der Waals surface area (Å²) in [7, 11) is 0. The Bertz CT molecular complexity index is 310. The van der Waals surface area contributed by atoms with Gasteiger partial charge in [0.15, 0.2) is 5.60 Å². The lowest BCUT2D eigenvalue weighted by molar-refractivity contribution is -0.153. The van der Waals surface area contributed by atoms with Gasteiger partial charge < -0.3 is 10.4 Å². The van der Waals surface area contributed by atoms with Gasteiger partial charge in [0.2, 0.25) is 0 Å². The molecule has 0 radical (unpaired) electrons. The molecule has 1 fully saturated rings. The zero-order chi connectivity index (χ0) is 8.60. The van der Waals surface area contributed by atoms with E-state index in [0.29, 0.717) is 12.1 Å². The van der Waals surface area contributed by atoms with E-state index in [1.165, 1.54) is 0 Å². The minimum Gasteiger partial charge on any atom is -0.374 e. The Labute approximate surface area is 70.0 Å². The Kier molecular flexibility index (Phi) is 1.41. The van der Waals surface area contributed by atoms with Crippen molar-refractivity contribution in [3.05, 3.63) is 35.9 Å². The summed E-state index contributed by atoms with van der Waals surface area (Å²) in [6, 6.07) is 8.96. The van der Waals surface area contributed by atoms with Crippen molar-refractivity contribution in [2.24, 2.45) is 0 Å². The summed E-state index contributed by atoms with van der Waals surface area (Å²) in [6.07, 6.45) is 0. The Morgan fingerprint density at radius 2 is 2.00 bits per heavy atom. The third-order valence-corrected chi connectivity index (χ3v) is 2.13. The number of aliphatic hydroxyl groups is 1. The maximum absolute atomic E-state index is 11.0. The molecule has 1 aromatic rings. The molecule has 0 aliphatic carbocycles. The Balaban J connectivity index is 2.37. The van der Waals surface area contributed by atoms with Crippen molar-refractivity contribution < 1.29 is 9.90 Å². The van der Waals surface area contributed by atoms with Crippen LogP contribution in [-0.2, 0) is 10.4 Å². The van der Waals surface area contributed by atoms with Crippen molar-refractivity contribution in [1.82, 2.24) is 5.32 Å². The molecule has 0 saturated carbocycles. The molecule has 62 valence electrons. The van der Waals surface area contributed by atoms with Crippen LogP contribution in [0.1, 0.15) is 5.56 Å². The number of benzene rings is 1. The largest absolute Gasteiger partial charge is 0.374 e. The molecule has 1 saturated heterocycles. The van der Waals surface area contributed by atoms with Crippen molar-refractivity contribution >= 4 is 5.91 Å². The first-order chi connectivity index (χ1) is 5.73. The average Bonchev–Trinajstić information content (AvgIpc) is 2.16. The van der Waals surface area contributed by atoms with Crippen molar-refractivity contribution in [3.8, 4) is 0 Å². The van der Waals surface area contributed by atoms with Crippen LogP contribution >= 0.6 is 0 Å². The summed E-state index contributed by atoms with van der Waals surface area (Å²) in [6.45, 7) is 0.315. The van der Waals surface area contributed by atoms with Gasteiger partial charge in [-0.2, -0.15) is 0 Å². The summed E-state index contributed by atoms with van der Waals surface area (Å²) in [4.78, 5) is 11.0. The summed E-state index contributed by atoms with van der Waals surface area (Å²) < 4.78 is 0. The first-order valence-electron chi connectivity index (χ1n) is 3.80. The quantitative estimate of drug-likeness (QED) is 0.573. The van der Waals surface area contributed by atoms with E-state index in [1.54, 1.807) is 24.3 Å². The van der Waals surface area contributed by atoms with Crippen molar-refractivity contribution in [1.29, 1.82) is 0 Å². The van der Waals surface area contributed by atoms with E-state index in [2.05, 4.69) is 5.32 Å². The van der Waals surface area contributed by atoms with Crippen molar-refractivity contribution in [2.75, 3.05) is 6.54 Å². The fraction of sp³-hybridized carbons (Fsp3) is 0.222. The third kappa shape index (κ3) is 0.833. The van der Waals surface area contributed by atoms with Crippen molar-refractivity contribution in [2.45, 2.75) is 5.60 Å². The van der Waals surface area contributed by atoms with E-state index in [0.717, 1.165) is 0 Å². The molecular weight excluding hydrogens is 154 g/mol. The Morgan fingerprint density at radius 1 is 1.33 bits per heavy atom. The van der Waals surface area contributed by atoms with Crippen molar-refractivity contribution in [3.63, 3.8) is 0 Å². The molecule has 1 aliphatic rings. The molecule has 2 N–H and O–H groups in total. The molecule has 12 heavy (non-hydrogen) atoms. The highest BCUT2D eigenvalue weighted by Gasteiger charge is 2.45. The Morgan fingerprint density at radius 3 is 2.42 bits per heavy atom. The first-order valence-corrected chi connectivity index (χ1v) is 3.80. The highest BCUT2D eigenvalue weighted by molar-refractivity contribution is 5.92. The number of rotatable bonds is 1. The summed E-state index contributed by atoms with van der Waals surface area (Å²) in [5.74, 6) is -0.311. The lowest BCUT2D eigenvalue weighted by atomic mass is 9.87. The molecule has 1 aliphatic heterocycles. The van der Waals surface area contributed by atoms with Gasteiger partial charge >= 0.3 is 0 Å². The first kappa shape index (κ1) is 7.31. The number of nitrogens with one attached hydrogen (secondary N) is 1. The van der Waals surface area contributed by atoms with Gasteiger partial charge in [0, 0.05) is 0 Å². The lowest BCUT2D eigenvalue weighted by Crippen LogP contribution is -2.62. The fourth-order valence-electron chi connectivity index (χ4n) is 1.28. The highest BCUT2D eigenvalue weighted by Crippen LogP contribution is 2.25. The van der Waals surface area contributed by atoms with Crippen LogP contribution in [0.4, 0.5) is 0 Å². The zero-order valence-electron chi connectivity index (χ0n) is 6.45. The topological polar surface area (TPSA) is 49.3 Å². The predicted molar refractivity (Wildman–Crippen MR) is 43.3 cm³/mol. The number of carbonyl (C=O) groups excluding carboxylic acids is 1. The molecule has 1 atom stereocenters. The van der Waals surface area contributed by atoms with E-state index in [9.17, 15) is 9.90 Å². The second kappa shape index (κ2) is 2.32. The minimum absolute atomic E-state index is 0.311. The van der Waals surface area contributed by atoms with Crippen LogP contribution in [0.15, 0.2) is 30.3 Å². The van der Waals surface area contributed by atoms with Crippen LogP contribution in [0.5, 0.6) is 0 Å². The van der Waals surface area contributed by atoms with Gasteiger partial charge in [-0.1, -0.05) is 30.3 Å². The molecule has 0 aromatic heterocycles. The number of amides is 1. The number of hydrogen-bond donors (Lipinski definition) is 2. The average molecular weight is 163 g/mol. The predicted octanol–water partition coefficient (Wildman–Crippen LogP) is 0.00400. The monoisotopic (exact) mass is 163 g/mol. The Hall–Kier alpha value is -1.35. The summed E-state index contributed by atoms with van der Waals surface area (Å²) in [5.41, 5.74) is -0.616. The second-order valence-corrected chi connectivity index (χ2v) is 2.91. The number of carbonyl (C=O) groups is 1. The molecule has 0 spiro atoms. The van der Waals surface area contributed by atoms with E-state index in [4.69, 9.17) is 0 Å². The molecular formula is C9H9NO2. The standard InChI is InChI=1S/C9H9NO2/c11-8-9(12,6-10-8)7-4-2-1-3-5-7/h1-5,12H,6H2,(H,10,11)/t9-/m0/s1. The summed E-state index contributed by atoms with van der Waals surface area (Å²) >= 11 is 0. The smallest absolute Gasteiger partial charge is 0.258 e.